The van der Waals surface area contributed by atoms with Crippen molar-refractivity contribution in [3.63, 3.8) is 0 Å². The van der Waals surface area contributed by atoms with Crippen LogP contribution in [-0.2, 0) is 4.79 Å². The van der Waals surface area contributed by atoms with Crippen LogP contribution in [0, 0.1) is 11.3 Å². The molecule has 1 heterocycles. The molecule has 0 saturated carbocycles. The average Bonchev–Trinajstić information content (AvgIpc) is 2.36. The number of aliphatic hydroxyl groups excluding tert-OH is 1. The molecule has 1 aliphatic heterocycles. The molecule has 0 aromatic rings. The van der Waals surface area contributed by atoms with Crippen molar-refractivity contribution in [2.75, 3.05) is 13.1 Å². The molecule has 0 radical (unpaired) electrons. The van der Waals surface area contributed by atoms with Gasteiger partial charge in [0.1, 0.15) is 0 Å². The second-order valence-corrected chi connectivity index (χ2v) is 6.41. The van der Waals surface area contributed by atoms with E-state index < -0.39 is 0 Å². The molecule has 3 nitrogen and oxygen atoms in total. The Morgan fingerprint density at radius 3 is 2.59 bits per heavy atom. The summed E-state index contributed by atoms with van der Waals surface area (Å²) in [6.07, 6.45) is 3.14. The number of carbonyl (C=O) groups excluding carboxylic acids is 1. The molecule has 17 heavy (non-hydrogen) atoms. The van der Waals surface area contributed by atoms with E-state index in [0.717, 1.165) is 19.4 Å². The standard InChI is InChI=1S/C14H27NO2/c1-11(16)7-9-15-10-8-12(14(2,3)4)5-6-13(15)17/h11-12,16H,5-10H2,1-4H3. The second kappa shape index (κ2) is 5.85. The Labute approximate surface area is 105 Å². The minimum atomic E-state index is -0.315. The maximum Gasteiger partial charge on any atom is 0.222 e. The smallest absolute Gasteiger partial charge is 0.222 e. The summed E-state index contributed by atoms with van der Waals surface area (Å²) >= 11 is 0. The van der Waals surface area contributed by atoms with Crippen molar-refractivity contribution in [2.45, 2.75) is 59.5 Å². The highest BCUT2D eigenvalue weighted by molar-refractivity contribution is 5.76. The Morgan fingerprint density at radius 2 is 2.06 bits per heavy atom. The van der Waals surface area contributed by atoms with Gasteiger partial charge in [0.15, 0.2) is 0 Å². The lowest BCUT2D eigenvalue weighted by molar-refractivity contribution is -0.130. The molecule has 0 aromatic heterocycles. The van der Waals surface area contributed by atoms with Gasteiger partial charge in [0.25, 0.3) is 0 Å². The van der Waals surface area contributed by atoms with Crippen LogP contribution in [0.25, 0.3) is 0 Å². The summed E-state index contributed by atoms with van der Waals surface area (Å²) in [6.45, 7) is 10.1. The first-order valence-corrected chi connectivity index (χ1v) is 6.76. The van der Waals surface area contributed by atoms with Crippen molar-refractivity contribution in [1.82, 2.24) is 4.90 Å². The van der Waals surface area contributed by atoms with Crippen LogP contribution in [0.3, 0.4) is 0 Å². The highest BCUT2D eigenvalue weighted by atomic mass is 16.3. The maximum absolute atomic E-state index is 11.9. The number of aliphatic hydroxyl groups is 1. The number of hydrogen-bond donors (Lipinski definition) is 1. The van der Waals surface area contributed by atoms with Gasteiger partial charge in [0.2, 0.25) is 5.91 Å². The molecule has 0 aromatic carbocycles. The molecule has 100 valence electrons. The van der Waals surface area contributed by atoms with Gasteiger partial charge in [-0.25, -0.2) is 0 Å². The maximum atomic E-state index is 11.9. The van der Waals surface area contributed by atoms with Crippen LogP contribution in [0.1, 0.15) is 53.4 Å². The minimum Gasteiger partial charge on any atom is -0.393 e. The van der Waals surface area contributed by atoms with Crippen LogP contribution in [0.2, 0.25) is 0 Å². The third-order valence-corrected chi connectivity index (χ3v) is 3.85. The predicted molar refractivity (Wildman–Crippen MR) is 69.7 cm³/mol. The monoisotopic (exact) mass is 241 g/mol. The molecule has 1 fully saturated rings. The predicted octanol–water partition coefficient (Wildman–Crippen LogP) is 2.43. The molecule has 3 heteroatoms. The number of rotatable bonds is 3. The Kier molecular flexibility index (Phi) is 4.99. The normalized spacial score (nSPS) is 24.6. The molecule has 0 aliphatic carbocycles. The minimum absolute atomic E-state index is 0.261. The first-order chi connectivity index (χ1) is 7.80. The summed E-state index contributed by atoms with van der Waals surface area (Å²) in [5.74, 6) is 0.889. The van der Waals surface area contributed by atoms with Gasteiger partial charge in [-0.3, -0.25) is 4.79 Å². The molecular formula is C14H27NO2. The van der Waals surface area contributed by atoms with Crippen molar-refractivity contribution >= 4 is 5.91 Å². The van der Waals surface area contributed by atoms with Crippen LogP contribution in [0.5, 0.6) is 0 Å². The molecular weight excluding hydrogens is 214 g/mol. The van der Waals surface area contributed by atoms with Gasteiger partial charge in [-0.2, -0.15) is 0 Å². The number of likely N-dealkylation sites (tertiary alicyclic amines) is 1. The van der Waals surface area contributed by atoms with Crippen molar-refractivity contribution in [1.29, 1.82) is 0 Å². The lowest BCUT2D eigenvalue weighted by Gasteiger charge is -2.29. The van der Waals surface area contributed by atoms with E-state index in [4.69, 9.17) is 0 Å². The Hall–Kier alpha value is -0.570. The van der Waals surface area contributed by atoms with Gasteiger partial charge in [-0.05, 0) is 37.5 Å². The van der Waals surface area contributed by atoms with E-state index >= 15 is 0 Å². The molecule has 1 rings (SSSR count). The highest BCUT2D eigenvalue weighted by Crippen LogP contribution is 2.34. The van der Waals surface area contributed by atoms with Crippen molar-refractivity contribution in [3.8, 4) is 0 Å². The van der Waals surface area contributed by atoms with Crippen LogP contribution < -0.4 is 0 Å². The van der Waals surface area contributed by atoms with E-state index in [0.29, 0.717) is 30.7 Å². The molecule has 0 spiro atoms. The topological polar surface area (TPSA) is 40.5 Å². The lowest BCUT2D eigenvalue weighted by Crippen LogP contribution is -2.33. The van der Waals surface area contributed by atoms with Gasteiger partial charge in [0, 0.05) is 19.5 Å². The van der Waals surface area contributed by atoms with Crippen molar-refractivity contribution in [2.24, 2.45) is 11.3 Å². The first-order valence-electron chi connectivity index (χ1n) is 6.76. The summed E-state index contributed by atoms with van der Waals surface area (Å²) in [6, 6.07) is 0. The summed E-state index contributed by atoms with van der Waals surface area (Å²) in [5, 5.41) is 9.28. The third-order valence-electron chi connectivity index (χ3n) is 3.85. The van der Waals surface area contributed by atoms with E-state index in [1.165, 1.54) is 0 Å². The first kappa shape index (κ1) is 14.5. The van der Waals surface area contributed by atoms with Gasteiger partial charge < -0.3 is 10.0 Å². The van der Waals surface area contributed by atoms with E-state index in [1.54, 1.807) is 6.92 Å². The SMILES string of the molecule is CC(O)CCN1CCC(C(C)(C)C)CCC1=O. The Morgan fingerprint density at radius 1 is 1.41 bits per heavy atom. The fourth-order valence-corrected chi connectivity index (χ4v) is 2.48. The molecule has 2 atom stereocenters. The zero-order chi connectivity index (χ0) is 13.1. The fourth-order valence-electron chi connectivity index (χ4n) is 2.48. The molecule has 2 unspecified atom stereocenters. The highest BCUT2D eigenvalue weighted by Gasteiger charge is 2.29. The summed E-state index contributed by atoms with van der Waals surface area (Å²) in [5.41, 5.74) is 0.292. The van der Waals surface area contributed by atoms with Gasteiger partial charge in [-0.15, -0.1) is 0 Å². The molecule has 1 aliphatic rings. The average molecular weight is 241 g/mol. The van der Waals surface area contributed by atoms with Gasteiger partial charge in [-0.1, -0.05) is 20.8 Å². The zero-order valence-electron chi connectivity index (χ0n) is 11.7. The lowest BCUT2D eigenvalue weighted by atomic mass is 9.77. The second-order valence-electron chi connectivity index (χ2n) is 6.41. The van der Waals surface area contributed by atoms with E-state index in [-0.39, 0.29) is 12.0 Å². The number of hydrogen-bond acceptors (Lipinski definition) is 2. The summed E-state index contributed by atoms with van der Waals surface area (Å²) < 4.78 is 0. The molecule has 1 saturated heterocycles. The zero-order valence-corrected chi connectivity index (χ0v) is 11.7. The van der Waals surface area contributed by atoms with Crippen LogP contribution in [0.4, 0.5) is 0 Å². The van der Waals surface area contributed by atoms with Crippen molar-refractivity contribution < 1.29 is 9.90 Å². The summed E-state index contributed by atoms with van der Waals surface area (Å²) in [7, 11) is 0. The van der Waals surface area contributed by atoms with E-state index in [2.05, 4.69) is 20.8 Å². The Balaban J connectivity index is 2.52. The molecule has 1 amide bonds. The largest absolute Gasteiger partial charge is 0.393 e. The quantitative estimate of drug-likeness (QED) is 0.824. The molecule has 0 bridgehead atoms. The Bertz CT molecular complexity index is 255. The fraction of sp³-hybridized carbons (Fsp3) is 0.929. The van der Waals surface area contributed by atoms with Crippen LogP contribution in [-0.4, -0.2) is 35.1 Å². The summed E-state index contributed by atoms with van der Waals surface area (Å²) in [4.78, 5) is 13.9. The van der Waals surface area contributed by atoms with E-state index in [1.807, 2.05) is 4.90 Å². The van der Waals surface area contributed by atoms with Gasteiger partial charge >= 0.3 is 0 Å². The number of nitrogens with zero attached hydrogens (tertiary/aromatic N) is 1. The van der Waals surface area contributed by atoms with Gasteiger partial charge in [0.05, 0.1) is 6.10 Å². The number of amides is 1. The van der Waals surface area contributed by atoms with Crippen LogP contribution in [0.15, 0.2) is 0 Å². The molecule has 1 N–H and O–H groups in total. The van der Waals surface area contributed by atoms with Crippen molar-refractivity contribution in [3.05, 3.63) is 0 Å². The third kappa shape index (κ3) is 4.66. The van der Waals surface area contributed by atoms with E-state index in [9.17, 15) is 9.90 Å². The number of carbonyl (C=O) groups is 1. The van der Waals surface area contributed by atoms with Crippen LogP contribution >= 0.6 is 0 Å².